The lowest BCUT2D eigenvalue weighted by Gasteiger charge is -2.44. The minimum atomic E-state index is -0.979. The summed E-state index contributed by atoms with van der Waals surface area (Å²) in [5.41, 5.74) is -0.769. The first-order chi connectivity index (χ1) is 8.51. The van der Waals surface area contributed by atoms with E-state index in [9.17, 15) is 18.7 Å². The highest BCUT2D eigenvalue weighted by molar-refractivity contribution is 5.77. The lowest BCUT2D eigenvalue weighted by molar-refractivity contribution is -0.157. The number of carboxylic acid groups (broad SMARTS) is 1. The Morgan fingerprint density at radius 1 is 1.44 bits per heavy atom. The average molecular weight is 255 g/mol. The van der Waals surface area contributed by atoms with E-state index in [1.165, 1.54) is 6.07 Å². The Kier molecular flexibility index (Phi) is 3.34. The van der Waals surface area contributed by atoms with Gasteiger partial charge in [0, 0.05) is 11.6 Å². The van der Waals surface area contributed by atoms with E-state index in [1.54, 1.807) is 7.05 Å². The maximum atomic E-state index is 13.8. The molecule has 1 saturated carbocycles. The molecule has 0 bridgehead atoms. The van der Waals surface area contributed by atoms with E-state index >= 15 is 0 Å². The van der Waals surface area contributed by atoms with Gasteiger partial charge >= 0.3 is 5.97 Å². The molecule has 1 aliphatic carbocycles. The van der Waals surface area contributed by atoms with Crippen molar-refractivity contribution in [1.29, 1.82) is 0 Å². The molecule has 0 radical (unpaired) electrons. The lowest BCUT2D eigenvalue weighted by atomic mass is 9.62. The molecule has 98 valence electrons. The van der Waals surface area contributed by atoms with Crippen LogP contribution in [0.25, 0.3) is 0 Å². The molecule has 0 spiro atoms. The highest BCUT2D eigenvalue weighted by Crippen LogP contribution is 2.50. The largest absolute Gasteiger partial charge is 0.481 e. The minimum absolute atomic E-state index is 0.209. The fourth-order valence-electron chi connectivity index (χ4n) is 2.65. The smallest absolute Gasteiger partial charge is 0.311 e. The molecular formula is C13H15F2NO2. The van der Waals surface area contributed by atoms with Crippen LogP contribution < -0.4 is 5.32 Å². The number of carboxylic acids is 1. The summed E-state index contributed by atoms with van der Waals surface area (Å²) in [5, 5.41) is 12.2. The maximum absolute atomic E-state index is 13.8. The zero-order valence-corrected chi connectivity index (χ0v) is 10.0. The van der Waals surface area contributed by atoms with Gasteiger partial charge in [0.25, 0.3) is 0 Å². The number of hydrogen-bond acceptors (Lipinski definition) is 2. The normalized spacial score (nSPS) is 19.1. The SMILES string of the molecule is CNC(c1ccc(F)cc1F)C1(C(=O)O)CCC1. The van der Waals surface area contributed by atoms with E-state index in [0.717, 1.165) is 18.6 Å². The molecule has 1 fully saturated rings. The molecule has 2 N–H and O–H groups in total. The lowest BCUT2D eigenvalue weighted by Crippen LogP contribution is -2.48. The molecule has 1 aliphatic rings. The summed E-state index contributed by atoms with van der Waals surface area (Å²) >= 11 is 0. The fraction of sp³-hybridized carbons (Fsp3) is 0.462. The summed E-state index contributed by atoms with van der Waals surface area (Å²) in [6.45, 7) is 0. The van der Waals surface area contributed by atoms with Crippen molar-refractivity contribution in [1.82, 2.24) is 5.32 Å². The van der Waals surface area contributed by atoms with Crippen LogP contribution in [0, 0.1) is 17.0 Å². The molecule has 0 heterocycles. The van der Waals surface area contributed by atoms with Crippen molar-refractivity contribution >= 4 is 5.97 Å². The molecule has 0 amide bonds. The molecule has 5 heteroatoms. The molecule has 0 aromatic heterocycles. The van der Waals surface area contributed by atoms with Gasteiger partial charge in [-0.2, -0.15) is 0 Å². The third kappa shape index (κ3) is 1.88. The fourth-order valence-corrected chi connectivity index (χ4v) is 2.65. The molecule has 0 saturated heterocycles. The highest BCUT2D eigenvalue weighted by atomic mass is 19.1. The van der Waals surface area contributed by atoms with Gasteiger partial charge in [0.2, 0.25) is 0 Å². The number of halogens is 2. The summed E-state index contributed by atoms with van der Waals surface area (Å²) in [4.78, 5) is 11.4. The van der Waals surface area contributed by atoms with Crippen LogP contribution >= 0.6 is 0 Å². The topological polar surface area (TPSA) is 49.3 Å². The van der Waals surface area contributed by atoms with Crippen molar-refractivity contribution in [2.75, 3.05) is 7.05 Å². The van der Waals surface area contributed by atoms with Gasteiger partial charge in [0.05, 0.1) is 11.5 Å². The summed E-state index contributed by atoms with van der Waals surface area (Å²) in [6, 6.07) is 2.61. The van der Waals surface area contributed by atoms with Gasteiger partial charge in [0.1, 0.15) is 11.6 Å². The summed E-state index contributed by atoms with van der Waals surface area (Å²) in [6.07, 6.45) is 1.82. The number of aliphatic carboxylic acids is 1. The second-order valence-electron chi connectivity index (χ2n) is 4.70. The van der Waals surface area contributed by atoms with Crippen molar-refractivity contribution in [3.8, 4) is 0 Å². The molecule has 2 rings (SSSR count). The minimum Gasteiger partial charge on any atom is -0.481 e. The molecule has 1 unspecified atom stereocenters. The summed E-state index contributed by atoms with van der Waals surface area (Å²) < 4.78 is 26.7. The van der Waals surface area contributed by atoms with Gasteiger partial charge in [-0.3, -0.25) is 4.79 Å². The van der Waals surface area contributed by atoms with E-state index in [1.807, 2.05) is 0 Å². The first-order valence-corrected chi connectivity index (χ1v) is 5.87. The quantitative estimate of drug-likeness (QED) is 0.869. The molecule has 1 atom stereocenters. The van der Waals surface area contributed by atoms with Crippen molar-refractivity contribution < 1.29 is 18.7 Å². The van der Waals surface area contributed by atoms with E-state index in [4.69, 9.17) is 0 Å². The van der Waals surface area contributed by atoms with Gasteiger partial charge in [-0.1, -0.05) is 12.5 Å². The van der Waals surface area contributed by atoms with Gasteiger partial charge in [-0.15, -0.1) is 0 Å². The van der Waals surface area contributed by atoms with Crippen LogP contribution in [-0.2, 0) is 4.79 Å². The van der Waals surface area contributed by atoms with Crippen LogP contribution in [-0.4, -0.2) is 18.1 Å². The van der Waals surface area contributed by atoms with Crippen LogP contribution in [0.4, 0.5) is 8.78 Å². The van der Waals surface area contributed by atoms with Gasteiger partial charge in [-0.25, -0.2) is 8.78 Å². The third-order valence-electron chi connectivity index (χ3n) is 3.79. The van der Waals surface area contributed by atoms with Crippen molar-refractivity contribution in [2.45, 2.75) is 25.3 Å². The first-order valence-electron chi connectivity index (χ1n) is 5.87. The highest BCUT2D eigenvalue weighted by Gasteiger charge is 2.51. The second kappa shape index (κ2) is 4.65. The van der Waals surface area contributed by atoms with E-state index < -0.39 is 29.1 Å². The van der Waals surface area contributed by atoms with E-state index in [2.05, 4.69) is 5.32 Å². The van der Waals surface area contributed by atoms with E-state index in [-0.39, 0.29) is 5.56 Å². The Morgan fingerprint density at radius 3 is 2.50 bits per heavy atom. The Labute approximate surface area is 104 Å². The van der Waals surface area contributed by atoms with Gasteiger partial charge in [0.15, 0.2) is 0 Å². The van der Waals surface area contributed by atoms with Gasteiger partial charge in [-0.05, 0) is 26.0 Å². The Bertz CT molecular complexity index is 472. The van der Waals surface area contributed by atoms with E-state index in [0.29, 0.717) is 12.8 Å². The molecule has 1 aromatic carbocycles. The average Bonchev–Trinajstić information content (AvgIpc) is 2.23. The number of hydrogen-bond donors (Lipinski definition) is 2. The summed E-state index contributed by atoms with van der Waals surface area (Å²) in [7, 11) is 1.59. The van der Waals surface area contributed by atoms with Crippen molar-refractivity contribution in [3.63, 3.8) is 0 Å². The first kappa shape index (κ1) is 13.0. The molecule has 18 heavy (non-hydrogen) atoms. The van der Waals surface area contributed by atoms with Crippen LogP contribution in [0.3, 0.4) is 0 Å². The second-order valence-corrected chi connectivity index (χ2v) is 4.70. The standard InChI is InChI=1S/C13H15F2NO2/c1-16-11(13(12(17)18)5-2-6-13)9-4-3-8(14)7-10(9)15/h3-4,7,11,16H,2,5-6H2,1H3,(H,17,18). The summed E-state index contributed by atoms with van der Waals surface area (Å²) in [5.74, 6) is -2.30. The molecule has 0 aliphatic heterocycles. The number of benzene rings is 1. The maximum Gasteiger partial charge on any atom is 0.311 e. The third-order valence-corrected chi connectivity index (χ3v) is 3.79. The number of carbonyl (C=O) groups is 1. The predicted octanol–water partition coefficient (Wildman–Crippen LogP) is 2.48. The van der Waals surface area contributed by atoms with Crippen molar-refractivity contribution in [3.05, 3.63) is 35.4 Å². The van der Waals surface area contributed by atoms with Crippen LogP contribution in [0.2, 0.25) is 0 Å². The molecular weight excluding hydrogens is 240 g/mol. The Morgan fingerprint density at radius 2 is 2.11 bits per heavy atom. The van der Waals surface area contributed by atoms with Crippen molar-refractivity contribution in [2.24, 2.45) is 5.41 Å². The number of rotatable bonds is 4. The Hall–Kier alpha value is -1.49. The Balaban J connectivity index is 2.42. The predicted molar refractivity (Wildman–Crippen MR) is 62.1 cm³/mol. The zero-order chi connectivity index (χ0) is 13.3. The van der Waals surface area contributed by atoms with Crippen LogP contribution in [0.5, 0.6) is 0 Å². The zero-order valence-electron chi connectivity index (χ0n) is 10.0. The molecule has 3 nitrogen and oxygen atoms in total. The van der Waals surface area contributed by atoms with Gasteiger partial charge < -0.3 is 10.4 Å². The molecule has 1 aromatic rings. The monoisotopic (exact) mass is 255 g/mol. The van der Waals surface area contributed by atoms with Crippen LogP contribution in [0.1, 0.15) is 30.9 Å². The number of nitrogens with one attached hydrogen (secondary N) is 1. The van der Waals surface area contributed by atoms with Crippen LogP contribution in [0.15, 0.2) is 18.2 Å².